The average molecular weight is 501 g/mol. The van der Waals surface area contributed by atoms with Gasteiger partial charge < -0.3 is 0 Å². The summed E-state index contributed by atoms with van der Waals surface area (Å²) >= 11 is 2.83. The monoisotopic (exact) mass is 500 g/mol. The summed E-state index contributed by atoms with van der Waals surface area (Å²) in [4.78, 5) is 62.2. The number of rotatable bonds is 2. The number of carbonyl (C=O) groups excluding carboxylic acids is 5. The molecule has 0 radical (unpaired) electrons. The van der Waals surface area contributed by atoms with Crippen LogP contribution in [0.1, 0.15) is 89.5 Å². The van der Waals surface area contributed by atoms with E-state index in [4.69, 9.17) is 0 Å². The second-order valence-electron chi connectivity index (χ2n) is 12.3. The van der Waals surface area contributed by atoms with Crippen molar-refractivity contribution in [2.24, 2.45) is 0 Å². The van der Waals surface area contributed by atoms with Gasteiger partial charge in [0.05, 0.1) is 5.25 Å². The molecule has 2 aliphatic heterocycles. The van der Waals surface area contributed by atoms with Gasteiger partial charge in [-0.15, -0.1) is 23.5 Å². The fourth-order valence-electron chi connectivity index (χ4n) is 3.47. The van der Waals surface area contributed by atoms with Crippen LogP contribution in [-0.2, 0) is 24.0 Å². The predicted molar refractivity (Wildman–Crippen MR) is 135 cm³/mol. The van der Waals surface area contributed by atoms with Gasteiger partial charge in [0.15, 0.2) is 5.25 Å². The molecule has 2 unspecified atom stereocenters. The minimum Gasteiger partial charge on any atom is -0.287 e. The second kappa shape index (κ2) is 9.72. The molecule has 2 rings (SSSR count). The summed E-state index contributed by atoms with van der Waals surface area (Å²) in [5.74, 6) is -1.72. The summed E-state index contributed by atoms with van der Waals surface area (Å²) in [6.45, 7) is 22.9. The molecule has 0 aromatic rings. The molecule has 0 aromatic carbocycles. The van der Waals surface area contributed by atoms with E-state index in [1.807, 2.05) is 41.5 Å². The maximum atomic E-state index is 12.1. The third-order valence-corrected chi connectivity index (χ3v) is 7.23. The summed E-state index contributed by atoms with van der Waals surface area (Å²) in [7, 11) is 0. The van der Waals surface area contributed by atoms with Gasteiger partial charge in [-0.05, 0) is 41.5 Å². The number of ketones is 1. The number of amides is 4. The predicted octanol–water partition coefficient (Wildman–Crippen LogP) is 4.07. The normalized spacial score (nSPS) is 22.8. The Bertz CT molecular complexity index is 826. The van der Waals surface area contributed by atoms with E-state index in [2.05, 4.69) is 20.8 Å². The van der Waals surface area contributed by atoms with E-state index in [-0.39, 0.29) is 32.5 Å². The van der Waals surface area contributed by atoms with Gasteiger partial charge in [0.25, 0.3) is 11.8 Å². The number of likely N-dealkylation sites (tertiary alicyclic amines) is 2. The van der Waals surface area contributed by atoms with Crippen LogP contribution in [-0.4, -0.2) is 70.3 Å². The zero-order valence-corrected chi connectivity index (χ0v) is 23.7. The first-order valence-electron chi connectivity index (χ1n) is 11.1. The van der Waals surface area contributed by atoms with Crippen LogP contribution in [0.25, 0.3) is 0 Å². The minimum atomic E-state index is -0.873. The maximum Gasteiger partial charge on any atom is 0.298 e. The molecule has 2 saturated heterocycles. The number of imide groups is 2. The van der Waals surface area contributed by atoms with E-state index in [9.17, 15) is 24.0 Å². The largest absolute Gasteiger partial charge is 0.298 e. The van der Waals surface area contributed by atoms with Gasteiger partial charge in [-0.2, -0.15) is 0 Å². The highest BCUT2D eigenvalue weighted by molar-refractivity contribution is 8.02. The van der Waals surface area contributed by atoms with Gasteiger partial charge in [-0.25, -0.2) is 0 Å². The lowest BCUT2D eigenvalue weighted by Crippen LogP contribution is -2.46. The van der Waals surface area contributed by atoms with Crippen molar-refractivity contribution in [2.45, 2.75) is 121 Å². The molecular weight excluding hydrogens is 460 g/mol. The first kappa shape index (κ1) is 29.7. The third-order valence-electron chi connectivity index (χ3n) is 4.51. The molecule has 2 aliphatic rings. The van der Waals surface area contributed by atoms with Crippen LogP contribution in [0, 0.1) is 0 Å². The molecule has 2 atom stereocenters. The molecule has 0 aliphatic carbocycles. The van der Waals surface area contributed by atoms with Crippen LogP contribution in [0.4, 0.5) is 0 Å². The van der Waals surface area contributed by atoms with Gasteiger partial charge in [-0.3, -0.25) is 33.8 Å². The van der Waals surface area contributed by atoms with Crippen LogP contribution in [0.5, 0.6) is 0 Å². The fraction of sp³-hybridized carbons (Fsp3) is 0.792. The second-order valence-corrected chi connectivity index (χ2v) is 16.2. The first-order valence-corrected chi connectivity index (χ1v) is 12.9. The summed E-state index contributed by atoms with van der Waals surface area (Å²) in [6.07, 6.45) is 0.345. The van der Waals surface area contributed by atoms with Gasteiger partial charge in [0, 0.05) is 27.0 Å². The van der Waals surface area contributed by atoms with E-state index in [1.165, 1.54) is 16.7 Å². The number of thioether (sulfide) groups is 2. The van der Waals surface area contributed by atoms with E-state index in [1.54, 1.807) is 32.5 Å². The summed E-state index contributed by atoms with van der Waals surface area (Å²) in [5, 5.41) is -1.08. The van der Waals surface area contributed by atoms with Crippen molar-refractivity contribution in [3.63, 3.8) is 0 Å². The Morgan fingerprint density at radius 2 is 1.06 bits per heavy atom. The highest BCUT2D eigenvalue weighted by atomic mass is 32.2. The molecule has 33 heavy (non-hydrogen) atoms. The van der Waals surface area contributed by atoms with Crippen molar-refractivity contribution < 1.29 is 24.0 Å². The van der Waals surface area contributed by atoms with Crippen molar-refractivity contribution in [3.8, 4) is 0 Å². The highest BCUT2D eigenvalue weighted by Crippen LogP contribution is 2.37. The van der Waals surface area contributed by atoms with Crippen LogP contribution in [0.2, 0.25) is 0 Å². The minimum absolute atomic E-state index is 0.00843. The smallest absolute Gasteiger partial charge is 0.287 e. The van der Waals surface area contributed by atoms with Crippen molar-refractivity contribution in [1.29, 1.82) is 0 Å². The van der Waals surface area contributed by atoms with Gasteiger partial charge in [0.1, 0.15) is 0 Å². The lowest BCUT2D eigenvalue weighted by molar-refractivity contribution is -0.147. The molecule has 0 saturated carbocycles. The molecule has 7 nitrogen and oxygen atoms in total. The van der Waals surface area contributed by atoms with E-state index < -0.39 is 28.0 Å². The molecule has 4 amide bonds. The Morgan fingerprint density at radius 3 is 1.36 bits per heavy atom. The molecule has 2 heterocycles. The van der Waals surface area contributed by atoms with E-state index >= 15 is 0 Å². The molecule has 0 bridgehead atoms. The summed E-state index contributed by atoms with van der Waals surface area (Å²) < 4.78 is -0.224. The zero-order valence-electron chi connectivity index (χ0n) is 22.1. The van der Waals surface area contributed by atoms with E-state index in [0.717, 1.165) is 4.90 Å². The zero-order chi connectivity index (χ0) is 26.3. The molecule has 188 valence electrons. The first-order chi connectivity index (χ1) is 14.5. The maximum absolute atomic E-state index is 12.1. The molecule has 0 aromatic heterocycles. The highest BCUT2D eigenvalue weighted by Gasteiger charge is 2.52. The standard InChI is InChI=1S/C12H19NO3S.C12H21NO2S/c1-11(2,3)13-9(15)7(14)8(10(13)16)17-12(4,5)6;1-11(2,3)13-9(14)7-8(10(13)15)16-12(4,5)6/h8H,1-6H3;8H,7H2,1-6H3. The Hall–Kier alpha value is -1.35. The quantitative estimate of drug-likeness (QED) is 0.321. The fourth-order valence-corrected chi connectivity index (χ4v) is 5.88. The number of carbonyl (C=O) groups is 5. The van der Waals surface area contributed by atoms with E-state index in [0.29, 0.717) is 6.42 Å². The van der Waals surface area contributed by atoms with Crippen LogP contribution in [0.3, 0.4) is 0 Å². The molecule has 9 heteroatoms. The average Bonchev–Trinajstić information content (AvgIpc) is 2.92. The van der Waals surface area contributed by atoms with Gasteiger partial charge in [0.2, 0.25) is 17.6 Å². The molecule has 2 fully saturated rings. The third kappa shape index (κ3) is 7.84. The topological polar surface area (TPSA) is 91.8 Å². The van der Waals surface area contributed by atoms with Crippen molar-refractivity contribution in [1.82, 2.24) is 9.80 Å². The molecular formula is C24H40N2O5S2. The Kier molecular flexibility index (Phi) is 8.74. The Labute approximate surface area is 207 Å². The van der Waals surface area contributed by atoms with Crippen molar-refractivity contribution >= 4 is 52.9 Å². The van der Waals surface area contributed by atoms with Gasteiger partial charge in [-0.1, -0.05) is 41.5 Å². The Balaban J connectivity index is 0.000000331. The Morgan fingerprint density at radius 1 is 0.636 bits per heavy atom. The van der Waals surface area contributed by atoms with Crippen LogP contribution < -0.4 is 0 Å². The summed E-state index contributed by atoms with van der Waals surface area (Å²) in [5.41, 5.74) is -1.04. The SMILES string of the molecule is CC(C)(C)SC1C(=O)C(=O)N(C(C)(C)C)C1=O.CC(C)(C)SC1CC(=O)N(C(C)(C)C)C1=O. The number of hydrogen-bond acceptors (Lipinski definition) is 7. The number of nitrogens with zero attached hydrogens (tertiary/aromatic N) is 2. The lowest BCUT2D eigenvalue weighted by atomic mass is 10.1. The summed E-state index contributed by atoms with van der Waals surface area (Å²) in [6, 6.07) is 0. The van der Waals surface area contributed by atoms with Crippen molar-refractivity contribution in [3.05, 3.63) is 0 Å². The lowest BCUT2D eigenvalue weighted by Gasteiger charge is -2.30. The molecule has 0 spiro atoms. The number of hydrogen-bond donors (Lipinski definition) is 0. The van der Waals surface area contributed by atoms with Crippen molar-refractivity contribution in [2.75, 3.05) is 0 Å². The molecule has 0 N–H and O–H groups in total. The van der Waals surface area contributed by atoms with Crippen LogP contribution >= 0.6 is 23.5 Å². The van der Waals surface area contributed by atoms with Crippen LogP contribution in [0.15, 0.2) is 0 Å². The van der Waals surface area contributed by atoms with Gasteiger partial charge >= 0.3 is 0 Å². The number of Topliss-reactive ketones (excluding diaryl/α,β-unsaturated/α-hetero) is 1.